The molecule has 152 valence electrons. The zero-order valence-electron chi connectivity index (χ0n) is 16.2. The molecule has 1 saturated heterocycles. The first-order chi connectivity index (χ1) is 14.5. The highest BCUT2D eigenvalue weighted by atomic mass is 19.1. The maximum atomic E-state index is 13.9. The Morgan fingerprint density at radius 2 is 1.43 bits per heavy atom. The lowest BCUT2D eigenvalue weighted by atomic mass is 10.0. The van der Waals surface area contributed by atoms with Gasteiger partial charge in [0.25, 0.3) is 5.91 Å². The van der Waals surface area contributed by atoms with Gasteiger partial charge in [-0.2, -0.15) is 0 Å². The standard InChI is InChI=1S/C24H20F2N2O2/c25-19-5-3-4-18(16-19)23(29)17-8-10-20(11-9-17)27-12-14-28(15-13-27)24(30)21-6-1-2-7-22(21)26/h1-11,16H,12-15H2. The van der Waals surface area contributed by atoms with Crippen molar-refractivity contribution in [2.45, 2.75) is 0 Å². The molecule has 1 fully saturated rings. The summed E-state index contributed by atoms with van der Waals surface area (Å²) < 4.78 is 27.2. The van der Waals surface area contributed by atoms with E-state index in [0.717, 1.165) is 5.69 Å². The second-order valence-corrected chi connectivity index (χ2v) is 7.15. The van der Waals surface area contributed by atoms with Gasteiger partial charge in [-0.1, -0.05) is 24.3 Å². The molecule has 3 aromatic carbocycles. The van der Waals surface area contributed by atoms with Gasteiger partial charge in [0, 0.05) is 43.0 Å². The van der Waals surface area contributed by atoms with E-state index in [1.54, 1.807) is 35.2 Å². The molecule has 0 aliphatic carbocycles. The van der Waals surface area contributed by atoms with Crippen molar-refractivity contribution in [2.75, 3.05) is 31.1 Å². The molecule has 4 rings (SSSR count). The number of carbonyl (C=O) groups is 2. The van der Waals surface area contributed by atoms with Crippen molar-refractivity contribution in [1.82, 2.24) is 4.90 Å². The Balaban J connectivity index is 1.40. The molecule has 4 nitrogen and oxygen atoms in total. The van der Waals surface area contributed by atoms with Crippen LogP contribution in [0.5, 0.6) is 0 Å². The summed E-state index contributed by atoms with van der Waals surface area (Å²) in [5.74, 6) is -1.49. The number of rotatable bonds is 4. The number of benzene rings is 3. The molecule has 0 unspecified atom stereocenters. The summed E-state index contributed by atoms with van der Waals surface area (Å²) in [6.45, 7) is 2.18. The van der Waals surface area contributed by atoms with Crippen molar-refractivity contribution in [3.8, 4) is 0 Å². The number of hydrogen-bond donors (Lipinski definition) is 0. The summed E-state index contributed by atoms with van der Waals surface area (Å²) in [6, 6.07) is 18.8. The molecule has 0 spiro atoms. The quantitative estimate of drug-likeness (QED) is 0.611. The zero-order chi connectivity index (χ0) is 21.1. The minimum Gasteiger partial charge on any atom is -0.368 e. The molecule has 1 amide bonds. The lowest BCUT2D eigenvalue weighted by Crippen LogP contribution is -2.49. The average molecular weight is 406 g/mol. The third kappa shape index (κ3) is 4.08. The highest BCUT2D eigenvalue weighted by Gasteiger charge is 2.24. The van der Waals surface area contributed by atoms with Gasteiger partial charge in [0.15, 0.2) is 5.78 Å². The highest BCUT2D eigenvalue weighted by Crippen LogP contribution is 2.20. The number of anilines is 1. The molecule has 0 N–H and O–H groups in total. The van der Waals surface area contributed by atoms with E-state index in [1.165, 1.54) is 30.3 Å². The predicted molar refractivity (Wildman–Crippen MR) is 111 cm³/mol. The molecule has 0 aromatic heterocycles. The first-order valence-electron chi connectivity index (χ1n) is 9.72. The average Bonchev–Trinajstić information content (AvgIpc) is 2.79. The fourth-order valence-electron chi connectivity index (χ4n) is 3.59. The van der Waals surface area contributed by atoms with Crippen LogP contribution in [0.15, 0.2) is 72.8 Å². The van der Waals surface area contributed by atoms with E-state index < -0.39 is 11.6 Å². The molecule has 3 aromatic rings. The monoisotopic (exact) mass is 406 g/mol. The number of ketones is 1. The Hall–Kier alpha value is -3.54. The van der Waals surface area contributed by atoms with Gasteiger partial charge in [-0.15, -0.1) is 0 Å². The summed E-state index contributed by atoms with van der Waals surface area (Å²) in [6.07, 6.45) is 0. The fraction of sp³-hybridized carbons (Fsp3) is 0.167. The van der Waals surface area contributed by atoms with E-state index in [2.05, 4.69) is 4.90 Å². The molecule has 30 heavy (non-hydrogen) atoms. The molecule has 1 heterocycles. The summed E-state index contributed by atoms with van der Waals surface area (Å²) in [5.41, 5.74) is 1.82. The van der Waals surface area contributed by atoms with Gasteiger partial charge in [-0.3, -0.25) is 9.59 Å². The number of piperazine rings is 1. The largest absolute Gasteiger partial charge is 0.368 e. The Morgan fingerprint density at radius 1 is 0.733 bits per heavy atom. The van der Waals surface area contributed by atoms with Crippen LogP contribution < -0.4 is 4.90 Å². The van der Waals surface area contributed by atoms with Crippen molar-refractivity contribution in [1.29, 1.82) is 0 Å². The third-order valence-corrected chi connectivity index (χ3v) is 5.25. The molecule has 0 saturated carbocycles. The Morgan fingerprint density at radius 3 is 2.10 bits per heavy atom. The molecule has 0 bridgehead atoms. The van der Waals surface area contributed by atoms with Crippen LogP contribution >= 0.6 is 0 Å². The Labute approximate surface area is 173 Å². The molecule has 6 heteroatoms. The summed E-state index contributed by atoms with van der Waals surface area (Å²) in [4.78, 5) is 28.8. The van der Waals surface area contributed by atoms with Crippen LogP contribution in [0, 0.1) is 11.6 Å². The van der Waals surface area contributed by atoms with Crippen LogP contribution in [-0.4, -0.2) is 42.8 Å². The maximum absolute atomic E-state index is 13.9. The van der Waals surface area contributed by atoms with E-state index in [9.17, 15) is 18.4 Å². The summed E-state index contributed by atoms with van der Waals surface area (Å²) >= 11 is 0. The number of nitrogens with zero attached hydrogens (tertiary/aromatic N) is 2. The first-order valence-corrected chi connectivity index (χ1v) is 9.72. The van der Waals surface area contributed by atoms with E-state index >= 15 is 0 Å². The van der Waals surface area contributed by atoms with Crippen LogP contribution in [0.1, 0.15) is 26.3 Å². The third-order valence-electron chi connectivity index (χ3n) is 5.25. The Kier molecular flexibility index (Phi) is 5.57. The number of carbonyl (C=O) groups excluding carboxylic acids is 2. The van der Waals surface area contributed by atoms with Gasteiger partial charge >= 0.3 is 0 Å². The SMILES string of the molecule is O=C(c1ccc(N2CCN(C(=O)c3ccccc3F)CC2)cc1)c1cccc(F)c1. The predicted octanol–water partition coefficient (Wildman–Crippen LogP) is 4.16. The van der Waals surface area contributed by atoms with Crippen LogP contribution in [0.25, 0.3) is 0 Å². The zero-order valence-corrected chi connectivity index (χ0v) is 16.2. The lowest BCUT2D eigenvalue weighted by molar-refractivity contribution is 0.0742. The lowest BCUT2D eigenvalue weighted by Gasteiger charge is -2.36. The second kappa shape index (κ2) is 8.45. The maximum Gasteiger partial charge on any atom is 0.256 e. The van der Waals surface area contributed by atoms with E-state index in [1.807, 2.05) is 12.1 Å². The smallest absolute Gasteiger partial charge is 0.256 e. The molecular formula is C24H20F2N2O2. The fourth-order valence-corrected chi connectivity index (χ4v) is 3.59. The van der Waals surface area contributed by atoms with Crippen molar-refractivity contribution >= 4 is 17.4 Å². The van der Waals surface area contributed by atoms with Gasteiger partial charge in [0.1, 0.15) is 11.6 Å². The minimum atomic E-state index is -0.511. The van der Waals surface area contributed by atoms with Gasteiger partial charge < -0.3 is 9.80 Å². The number of hydrogen-bond acceptors (Lipinski definition) is 3. The molecule has 1 aliphatic heterocycles. The van der Waals surface area contributed by atoms with Crippen molar-refractivity contribution in [2.24, 2.45) is 0 Å². The van der Waals surface area contributed by atoms with Crippen LogP contribution in [0.4, 0.5) is 14.5 Å². The Bertz CT molecular complexity index is 1070. The van der Waals surface area contributed by atoms with Gasteiger partial charge in [0.2, 0.25) is 0 Å². The van der Waals surface area contributed by atoms with Crippen molar-refractivity contribution < 1.29 is 18.4 Å². The first kappa shape index (κ1) is 19.8. The number of amides is 1. The molecule has 1 aliphatic rings. The summed E-state index contributed by atoms with van der Waals surface area (Å²) in [5, 5.41) is 0. The molecular weight excluding hydrogens is 386 g/mol. The normalized spacial score (nSPS) is 13.9. The minimum absolute atomic E-state index is 0.0890. The second-order valence-electron chi connectivity index (χ2n) is 7.15. The van der Waals surface area contributed by atoms with Crippen LogP contribution in [0.3, 0.4) is 0 Å². The van der Waals surface area contributed by atoms with Crippen LogP contribution in [-0.2, 0) is 0 Å². The topological polar surface area (TPSA) is 40.6 Å². The van der Waals surface area contributed by atoms with Gasteiger partial charge in [0.05, 0.1) is 5.56 Å². The summed E-state index contributed by atoms with van der Waals surface area (Å²) in [7, 11) is 0. The molecule has 0 radical (unpaired) electrons. The van der Waals surface area contributed by atoms with Crippen molar-refractivity contribution in [3.05, 3.63) is 101 Å². The van der Waals surface area contributed by atoms with Crippen LogP contribution in [0.2, 0.25) is 0 Å². The van der Waals surface area contributed by atoms with Crippen molar-refractivity contribution in [3.63, 3.8) is 0 Å². The number of halogens is 2. The highest BCUT2D eigenvalue weighted by molar-refractivity contribution is 6.09. The van der Waals surface area contributed by atoms with Gasteiger partial charge in [-0.25, -0.2) is 8.78 Å². The van der Waals surface area contributed by atoms with E-state index in [0.29, 0.717) is 37.3 Å². The van der Waals surface area contributed by atoms with E-state index in [-0.39, 0.29) is 17.3 Å². The molecule has 0 atom stereocenters. The van der Waals surface area contributed by atoms with E-state index in [4.69, 9.17) is 0 Å². The van der Waals surface area contributed by atoms with Gasteiger partial charge in [-0.05, 0) is 48.5 Å².